The van der Waals surface area contributed by atoms with Crippen molar-refractivity contribution in [1.29, 1.82) is 0 Å². The van der Waals surface area contributed by atoms with Gasteiger partial charge in [0.25, 0.3) is 5.91 Å². The van der Waals surface area contributed by atoms with Crippen molar-refractivity contribution >= 4 is 29.1 Å². The van der Waals surface area contributed by atoms with Crippen LogP contribution in [0.2, 0.25) is 10.0 Å². The third-order valence-corrected chi connectivity index (χ3v) is 5.04. The number of rotatable bonds is 8. The lowest BCUT2D eigenvalue weighted by Crippen LogP contribution is -2.28. The number of aryl methyl sites for hydroxylation is 2. The van der Waals surface area contributed by atoms with Crippen LogP contribution in [0.5, 0.6) is 5.75 Å². The lowest BCUT2D eigenvalue weighted by atomic mass is 10.3. The van der Waals surface area contributed by atoms with Gasteiger partial charge in [-0.15, -0.1) is 0 Å². The summed E-state index contributed by atoms with van der Waals surface area (Å²) in [6, 6.07) is 8.65. The van der Waals surface area contributed by atoms with Gasteiger partial charge in [0.1, 0.15) is 11.4 Å². The number of nitrogens with one attached hydrogen (secondary N) is 1. The van der Waals surface area contributed by atoms with Gasteiger partial charge in [-0.3, -0.25) is 9.48 Å². The van der Waals surface area contributed by atoms with E-state index in [0.717, 1.165) is 17.8 Å². The van der Waals surface area contributed by atoms with Gasteiger partial charge in [-0.25, -0.2) is 4.68 Å². The predicted octanol–water partition coefficient (Wildman–Crippen LogP) is 3.86. The molecule has 0 aliphatic rings. The minimum atomic E-state index is -0.205. The standard InChI is InChI=1S/C19H21Cl2N5O2/c1-13-18(21)14(2)25(24-13)11-3-9-22-19(27)17-8-10-23-26(17)12-28-16-6-4-15(20)5-7-16/h4-8,10H,3,9,11-12H2,1-2H3,(H,22,27). The van der Waals surface area contributed by atoms with E-state index in [-0.39, 0.29) is 12.6 Å². The zero-order valence-corrected chi connectivity index (χ0v) is 17.2. The van der Waals surface area contributed by atoms with Crippen molar-refractivity contribution in [2.45, 2.75) is 33.5 Å². The van der Waals surface area contributed by atoms with Crippen molar-refractivity contribution in [3.8, 4) is 5.75 Å². The smallest absolute Gasteiger partial charge is 0.269 e. The zero-order valence-electron chi connectivity index (χ0n) is 15.7. The first-order valence-corrected chi connectivity index (χ1v) is 9.59. The normalized spacial score (nSPS) is 10.9. The maximum absolute atomic E-state index is 12.4. The average Bonchev–Trinajstić information content (AvgIpc) is 3.25. The summed E-state index contributed by atoms with van der Waals surface area (Å²) in [6.45, 7) is 5.12. The third kappa shape index (κ3) is 4.85. The molecule has 0 saturated heterocycles. The summed E-state index contributed by atoms with van der Waals surface area (Å²) in [4.78, 5) is 12.4. The Bertz CT molecular complexity index is 950. The first-order chi connectivity index (χ1) is 13.5. The molecule has 0 spiro atoms. The van der Waals surface area contributed by atoms with E-state index in [0.29, 0.717) is 34.6 Å². The van der Waals surface area contributed by atoms with Crippen molar-refractivity contribution in [3.05, 3.63) is 63.7 Å². The van der Waals surface area contributed by atoms with Gasteiger partial charge in [-0.05, 0) is 50.6 Å². The van der Waals surface area contributed by atoms with E-state index in [9.17, 15) is 4.79 Å². The first kappa shape index (κ1) is 20.2. The average molecular weight is 422 g/mol. The van der Waals surface area contributed by atoms with Crippen LogP contribution in [-0.4, -0.2) is 32.0 Å². The molecule has 7 nitrogen and oxygen atoms in total. The Morgan fingerprint density at radius 3 is 2.57 bits per heavy atom. The van der Waals surface area contributed by atoms with Gasteiger partial charge in [0.15, 0.2) is 6.73 Å². The number of benzene rings is 1. The molecule has 0 atom stereocenters. The van der Waals surface area contributed by atoms with E-state index in [1.54, 1.807) is 36.5 Å². The molecule has 1 N–H and O–H groups in total. The molecule has 0 aliphatic heterocycles. The maximum atomic E-state index is 12.4. The molecule has 9 heteroatoms. The minimum absolute atomic E-state index is 0.127. The second-order valence-corrected chi connectivity index (χ2v) is 7.08. The number of aromatic nitrogens is 4. The fraction of sp³-hybridized carbons (Fsp3) is 0.316. The molecule has 0 aliphatic carbocycles. The van der Waals surface area contributed by atoms with E-state index >= 15 is 0 Å². The number of ether oxygens (including phenoxy) is 1. The Morgan fingerprint density at radius 1 is 1.14 bits per heavy atom. The van der Waals surface area contributed by atoms with E-state index in [4.69, 9.17) is 27.9 Å². The molecule has 0 fully saturated rings. The number of halogens is 2. The van der Waals surface area contributed by atoms with Gasteiger partial charge in [0.05, 0.1) is 16.4 Å². The van der Waals surface area contributed by atoms with Crippen molar-refractivity contribution < 1.29 is 9.53 Å². The molecule has 0 saturated carbocycles. The molecule has 0 unspecified atom stereocenters. The second kappa shape index (κ2) is 9.12. The number of amides is 1. The van der Waals surface area contributed by atoms with Gasteiger partial charge in [0.2, 0.25) is 0 Å². The molecule has 1 amide bonds. The van der Waals surface area contributed by atoms with Crippen molar-refractivity contribution in [3.63, 3.8) is 0 Å². The number of hydrogen-bond donors (Lipinski definition) is 1. The van der Waals surface area contributed by atoms with Crippen LogP contribution in [0.25, 0.3) is 0 Å². The lowest BCUT2D eigenvalue weighted by Gasteiger charge is -2.10. The maximum Gasteiger partial charge on any atom is 0.269 e. The van der Waals surface area contributed by atoms with Gasteiger partial charge in [-0.2, -0.15) is 10.2 Å². The van der Waals surface area contributed by atoms with Crippen LogP contribution >= 0.6 is 23.2 Å². The monoisotopic (exact) mass is 421 g/mol. The van der Waals surface area contributed by atoms with Crippen molar-refractivity contribution in [2.24, 2.45) is 0 Å². The van der Waals surface area contributed by atoms with Crippen LogP contribution in [0, 0.1) is 13.8 Å². The highest BCUT2D eigenvalue weighted by Crippen LogP contribution is 2.19. The van der Waals surface area contributed by atoms with E-state index < -0.39 is 0 Å². The molecule has 0 radical (unpaired) electrons. The highest BCUT2D eigenvalue weighted by atomic mass is 35.5. The molecular weight excluding hydrogens is 401 g/mol. The summed E-state index contributed by atoms with van der Waals surface area (Å²) >= 11 is 12.0. The minimum Gasteiger partial charge on any atom is -0.471 e. The predicted molar refractivity (Wildman–Crippen MR) is 108 cm³/mol. The van der Waals surface area contributed by atoms with Gasteiger partial charge in [0, 0.05) is 24.3 Å². The topological polar surface area (TPSA) is 74.0 Å². The Labute approximate surface area is 173 Å². The summed E-state index contributed by atoms with van der Waals surface area (Å²) in [7, 11) is 0. The fourth-order valence-corrected chi connectivity index (χ4v) is 2.97. The summed E-state index contributed by atoms with van der Waals surface area (Å²) in [5.41, 5.74) is 2.18. The van der Waals surface area contributed by atoms with Crippen LogP contribution in [0.3, 0.4) is 0 Å². The summed E-state index contributed by atoms with van der Waals surface area (Å²) in [5.74, 6) is 0.443. The Kier molecular flexibility index (Phi) is 6.59. The molecular formula is C19H21Cl2N5O2. The van der Waals surface area contributed by atoms with Gasteiger partial charge < -0.3 is 10.1 Å². The zero-order chi connectivity index (χ0) is 20.1. The van der Waals surface area contributed by atoms with E-state index in [1.807, 2.05) is 18.5 Å². The van der Waals surface area contributed by atoms with Crippen molar-refractivity contribution in [1.82, 2.24) is 24.9 Å². The number of carbonyl (C=O) groups excluding carboxylic acids is 1. The number of nitrogens with zero attached hydrogens (tertiary/aromatic N) is 4. The molecule has 3 rings (SSSR count). The largest absolute Gasteiger partial charge is 0.471 e. The van der Waals surface area contributed by atoms with Crippen LogP contribution in [0.15, 0.2) is 36.5 Å². The molecule has 3 aromatic rings. The van der Waals surface area contributed by atoms with Gasteiger partial charge >= 0.3 is 0 Å². The molecule has 28 heavy (non-hydrogen) atoms. The molecule has 2 heterocycles. The summed E-state index contributed by atoms with van der Waals surface area (Å²) in [5, 5.41) is 12.7. The Hall–Kier alpha value is -2.51. The first-order valence-electron chi connectivity index (χ1n) is 8.83. The molecule has 1 aromatic carbocycles. The third-order valence-electron chi connectivity index (χ3n) is 4.24. The van der Waals surface area contributed by atoms with E-state index in [1.165, 1.54) is 4.68 Å². The molecule has 0 bridgehead atoms. The van der Waals surface area contributed by atoms with Gasteiger partial charge in [-0.1, -0.05) is 23.2 Å². The molecule has 2 aromatic heterocycles. The molecule has 148 valence electrons. The highest BCUT2D eigenvalue weighted by molar-refractivity contribution is 6.31. The van der Waals surface area contributed by atoms with Crippen LogP contribution < -0.4 is 10.1 Å². The second-order valence-electron chi connectivity index (χ2n) is 6.26. The Morgan fingerprint density at radius 2 is 1.89 bits per heavy atom. The summed E-state index contributed by atoms with van der Waals surface area (Å²) < 4.78 is 9.00. The summed E-state index contributed by atoms with van der Waals surface area (Å²) in [6.07, 6.45) is 2.30. The SMILES string of the molecule is Cc1nn(CCCNC(=O)c2ccnn2COc2ccc(Cl)cc2)c(C)c1Cl. The lowest BCUT2D eigenvalue weighted by molar-refractivity contribution is 0.0931. The van der Waals surface area contributed by atoms with Crippen LogP contribution in [0.1, 0.15) is 28.3 Å². The van der Waals surface area contributed by atoms with Crippen molar-refractivity contribution in [2.75, 3.05) is 6.54 Å². The van der Waals surface area contributed by atoms with Crippen LogP contribution in [-0.2, 0) is 13.3 Å². The highest BCUT2D eigenvalue weighted by Gasteiger charge is 2.13. The number of carbonyl (C=O) groups is 1. The Balaban J connectivity index is 1.49. The quantitative estimate of drug-likeness (QED) is 0.560. The fourth-order valence-electron chi connectivity index (χ4n) is 2.71. The number of hydrogen-bond acceptors (Lipinski definition) is 4. The van der Waals surface area contributed by atoms with Crippen LogP contribution in [0.4, 0.5) is 0 Å². The van der Waals surface area contributed by atoms with E-state index in [2.05, 4.69) is 15.5 Å².